The van der Waals surface area contributed by atoms with E-state index in [1.165, 1.54) is 0 Å². The van der Waals surface area contributed by atoms with Crippen molar-refractivity contribution in [3.63, 3.8) is 0 Å². The van der Waals surface area contributed by atoms with E-state index in [-0.39, 0.29) is 11.7 Å². The standard InChI is InChI=1S/C13H20N2O2S/c1-15(7-8-18-2)13(17)12(14)9-10-3-5-11(16)6-4-10/h3-6,12,16H,7-9,14H2,1-2H3/t12-/m1/s1. The molecule has 0 spiro atoms. The Hall–Kier alpha value is -1.20. The first-order valence-electron chi connectivity index (χ1n) is 5.82. The minimum Gasteiger partial charge on any atom is -0.508 e. The number of amides is 1. The van der Waals surface area contributed by atoms with E-state index in [1.54, 1.807) is 48.0 Å². The van der Waals surface area contributed by atoms with Crippen molar-refractivity contribution in [2.75, 3.05) is 25.6 Å². The number of phenols is 1. The lowest BCUT2D eigenvalue weighted by atomic mass is 10.1. The fourth-order valence-corrected chi connectivity index (χ4v) is 2.05. The SMILES string of the molecule is CSCCN(C)C(=O)[C@H](N)Cc1ccc(O)cc1. The lowest BCUT2D eigenvalue weighted by Gasteiger charge is -2.21. The fourth-order valence-electron chi connectivity index (χ4n) is 1.59. The lowest BCUT2D eigenvalue weighted by Crippen LogP contribution is -2.43. The van der Waals surface area contributed by atoms with E-state index in [0.29, 0.717) is 13.0 Å². The average molecular weight is 268 g/mol. The van der Waals surface area contributed by atoms with Crippen molar-refractivity contribution in [2.24, 2.45) is 5.73 Å². The van der Waals surface area contributed by atoms with E-state index in [9.17, 15) is 9.90 Å². The Labute approximate surface area is 112 Å². The Balaban J connectivity index is 2.51. The summed E-state index contributed by atoms with van der Waals surface area (Å²) >= 11 is 1.70. The zero-order chi connectivity index (χ0) is 13.5. The Morgan fingerprint density at radius 2 is 2.06 bits per heavy atom. The van der Waals surface area contributed by atoms with Crippen LogP contribution in [0.4, 0.5) is 0 Å². The number of nitrogens with two attached hydrogens (primary N) is 1. The summed E-state index contributed by atoms with van der Waals surface area (Å²) in [6.07, 6.45) is 2.50. The molecule has 0 saturated heterocycles. The predicted molar refractivity (Wildman–Crippen MR) is 75.8 cm³/mol. The highest BCUT2D eigenvalue weighted by Crippen LogP contribution is 2.11. The van der Waals surface area contributed by atoms with Gasteiger partial charge in [0.05, 0.1) is 6.04 Å². The first kappa shape index (κ1) is 14.9. The van der Waals surface area contributed by atoms with Gasteiger partial charge >= 0.3 is 0 Å². The minimum absolute atomic E-state index is 0.0443. The number of hydrogen-bond acceptors (Lipinski definition) is 4. The highest BCUT2D eigenvalue weighted by atomic mass is 32.2. The molecule has 4 nitrogen and oxygen atoms in total. The summed E-state index contributed by atoms with van der Waals surface area (Å²) in [4.78, 5) is 13.6. The largest absolute Gasteiger partial charge is 0.508 e. The molecule has 0 heterocycles. The molecule has 1 aromatic rings. The second-order valence-electron chi connectivity index (χ2n) is 4.23. The number of phenolic OH excluding ortho intramolecular Hbond substituents is 1. The third kappa shape index (κ3) is 4.58. The number of rotatable bonds is 6. The Kier molecular flexibility index (Phi) is 6.01. The van der Waals surface area contributed by atoms with E-state index in [2.05, 4.69) is 0 Å². The topological polar surface area (TPSA) is 66.6 Å². The van der Waals surface area contributed by atoms with Gasteiger partial charge in [0, 0.05) is 19.3 Å². The summed E-state index contributed by atoms with van der Waals surface area (Å²) in [5, 5.41) is 9.18. The summed E-state index contributed by atoms with van der Waals surface area (Å²) in [5.41, 5.74) is 6.85. The van der Waals surface area contributed by atoms with Crippen LogP contribution < -0.4 is 5.73 Å². The molecule has 1 rings (SSSR count). The Morgan fingerprint density at radius 3 is 2.61 bits per heavy atom. The van der Waals surface area contributed by atoms with Crippen molar-refractivity contribution in [1.29, 1.82) is 0 Å². The van der Waals surface area contributed by atoms with Crippen molar-refractivity contribution < 1.29 is 9.90 Å². The molecule has 0 radical (unpaired) electrons. The molecule has 1 atom stereocenters. The smallest absolute Gasteiger partial charge is 0.239 e. The first-order valence-corrected chi connectivity index (χ1v) is 7.21. The van der Waals surface area contributed by atoms with Crippen LogP contribution in [0.1, 0.15) is 5.56 Å². The maximum absolute atomic E-state index is 12.0. The molecular formula is C13H20N2O2S. The number of likely N-dealkylation sites (N-methyl/N-ethyl adjacent to an activating group) is 1. The van der Waals surface area contributed by atoms with Crippen LogP contribution in [-0.2, 0) is 11.2 Å². The van der Waals surface area contributed by atoms with Crippen LogP contribution in [-0.4, -0.2) is 47.6 Å². The van der Waals surface area contributed by atoms with Gasteiger partial charge in [0.15, 0.2) is 0 Å². The molecule has 0 unspecified atom stereocenters. The number of thioether (sulfide) groups is 1. The number of aromatic hydroxyl groups is 1. The van der Waals surface area contributed by atoms with Crippen molar-refractivity contribution >= 4 is 17.7 Å². The van der Waals surface area contributed by atoms with Gasteiger partial charge in [-0.05, 0) is 30.4 Å². The van der Waals surface area contributed by atoms with E-state index < -0.39 is 6.04 Å². The number of nitrogens with zero attached hydrogens (tertiary/aromatic N) is 1. The van der Waals surface area contributed by atoms with Crippen LogP contribution in [0.25, 0.3) is 0 Å². The molecule has 0 aromatic heterocycles. The Morgan fingerprint density at radius 1 is 1.44 bits per heavy atom. The molecule has 1 amide bonds. The van der Waals surface area contributed by atoms with Gasteiger partial charge in [0.2, 0.25) is 5.91 Å². The van der Waals surface area contributed by atoms with Crippen LogP contribution in [0.15, 0.2) is 24.3 Å². The summed E-state index contributed by atoms with van der Waals surface area (Å²) in [5.74, 6) is 1.08. The molecule has 0 saturated carbocycles. The molecule has 0 bridgehead atoms. The molecule has 0 fully saturated rings. The van der Waals surface area contributed by atoms with Crippen molar-refractivity contribution in [3.05, 3.63) is 29.8 Å². The van der Waals surface area contributed by atoms with Gasteiger partial charge in [-0.25, -0.2) is 0 Å². The number of carbonyl (C=O) groups is 1. The number of hydrogen-bond donors (Lipinski definition) is 2. The predicted octanol–water partition coefficient (Wildman–Crippen LogP) is 1.08. The second-order valence-corrected chi connectivity index (χ2v) is 5.22. The van der Waals surface area contributed by atoms with Gasteiger partial charge < -0.3 is 15.7 Å². The van der Waals surface area contributed by atoms with Gasteiger partial charge in [0.1, 0.15) is 5.75 Å². The summed E-state index contributed by atoms with van der Waals surface area (Å²) in [6, 6.07) is 6.24. The zero-order valence-corrected chi connectivity index (χ0v) is 11.6. The van der Waals surface area contributed by atoms with Gasteiger partial charge in [-0.2, -0.15) is 11.8 Å². The van der Waals surface area contributed by atoms with Crippen LogP contribution in [0.3, 0.4) is 0 Å². The van der Waals surface area contributed by atoms with E-state index >= 15 is 0 Å². The molecular weight excluding hydrogens is 248 g/mol. The van der Waals surface area contributed by atoms with Crippen molar-refractivity contribution in [2.45, 2.75) is 12.5 Å². The summed E-state index contributed by atoms with van der Waals surface area (Å²) < 4.78 is 0. The minimum atomic E-state index is -0.526. The highest BCUT2D eigenvalue weighted by Gasteiger charge is 2.17. The average Bonchev–Trinajstić information content (AvgIpc) is 2.37. The second kappa shape index (κ2) is 7.28. The quantitative estimate of drug-likeness (QED) is 0.810. The molecule has 1 aromatic carbocycles. The van der Waals surface area contributed by atoms with Gasteiger partial charge in [-0.15, -0.1) is 0 Å². The van der Waals surface area contributed by atoms with E-state index in [0.717, 1.165) is 11.3 Å². The van der Waals surface area contributed by atoms with Crippen LogP contribution in [0.5, 0.6) is 5.75 Å². The molecule has 0 aliphatic heterocycles. The van der Waals surface area contributed by atoms with Gasteiger partial charge in [-0.1, -0.05) is 12.1 Å². The normalized spacial score (nSPS) is 12.2. The molecule has 5 heteroatoms. The van der Waals surface area contributed by atoms with Gasteiger partial charge in [0.25, 0.3) is 0 Å². The van der Waals surface area contributed by atoms with Crippen LogP contribution in [0, 0.1) is 0 Å². The number of benzene rings is 1. The third-order valence-electron chi connectivity index (χ3n) is 2.72. The van der Waals surface area contributed by atoms with Crippen molar-refractivity contribution in [1.82, 2.24) is 4.90 Å². The van der Waals surface area contributed by atoms with Crippen LogP contribution in [0.2, 0.25) is 0 Å². The third-order valence-corrected chi connectivity index (χ3v) is 3.31. The molecule has 100 valence electrons. The van der Waals surface area contributed by atoms with Crippen molar-refractivity contribution in [3.8, 4) is 5.75 Å². The molecule has 3 N–H and O–H groups in total. The maximum Gasteiger partial charge on any atom is 0.239 e. The molecule has 0 aliphatic carbocycles. The summed E-state index contributed by atoms with van der Waals surface area (Å²) in [7, 11) is 1.77. The number of carbonyl (C=O) groups excluding carboxylic acids is 1. The van der Waals surface area contributed by atoms with E-state index in [4.69, 9.17) is 5.73 Å². The maximum atomic E-state index is 12.0. The molecule has 18 heavy (non-hydrogen) atoms. The molecule has 0 aliphatic rings. The van der Waals surface area contributed by atoms with Crippen LogP contribution >= 0.6 is 11.8 Å². The van der Waals surface area contributed by atoms with E-state index in [1.807, 2.05) is 6.26 Å². The highest BCUT2D eigenvalue weighted by molar-refractivity contribution is 7.98. The van der Waals surface area contributed by atoms with Gasteiger partial charge in [-0.3, -0.25) is 4.79 Å². The lowest BCUT2D eigenvalue weighted by molar-refractivity contribution is -0.131. The fraction of sp³-hybridized carbons (Fsp3) is 0.462. The zero-order valence-electron chi connectivity index (χ0n) is 10.8. The monoisotopic (exact) mass is 268 g/mol. The Bertz CT molecular complexity index is 381. The summed E-state index contributed by atoms with van der Waals surface area (Å²) in [6.45, 7) is 0.712. The first-order chi connectivity index (χ1) is 8.54.